The van der Waals surface area contributed by atoms with Crippen LogP contribution in [0.25, 0.3) is 11.0 Å². The standard InChI is InChI=1S/C18H25NO3/c1-12(14-7-9-21-10-8-14)19-13(2)17-11-15-5-4-6-16(20-3)18(15)22-17/h4-6,11-14,19H,7-10H2,1-3H3/t12-,13+/m1/s1. The van der Waals surface area contributed by atoms with Crippen LogP contribution in [0.5, 0.6) is 5.75 Å². The van der Waals surface area contributed by atoms with E-state index in [1.54, 1.807) is 7.11 Å². The summed E-state index contributed by atoms with van der Waals surface area (Å²) in [6, 6.07) is 8.71. The summed E-state index contributed by atoms with van der Waals surface area (Å²) in [6.45, 7) is 6.18. The molecule has 4 heteroatoms. The third-order valence-corrected chi connectivity index (χ3v) is 4.66. The number of furan rings is 1. The van der Waals surface area contributed by atoms with Gasteiger partial charge in [-0.05, 0) is 44.7 Å². The minimum absolute atomic E-state index is 0.176. The molecular formula is C18H25NO3. The van der Waals surface area contributed by atoms with Crippen molar-refractivity contribution in [2.24, 2.45) is 5.92 Å². The van der Waals surface area contributed by atoms with Crippen molar-refractivity contribution in [3.63, 3.8) is 0 Å². The quantitative estimate of drug-likeness (QED) is 0.909. The molecule has 0 amide bonds. The summed E-state index contributed by atoms with van der Waals surface area (Å²) in [4.78, 5) is 0. The molecule has 1 saturated heterocycles. The molecule has 1 aliphatic heterocycles. The van der Waals surface area contributed by atoms with Crippen LogP contribution >= 0.6 is 0 Å². The number of benzene rings is 1. The van der Waals surface area contributed by atoms with Gasteiger partial charge >= 0.3 is 0 Å². The summed E-state index contributed by atoms with van der Waals surface area (Å²) >= 11 is 0. The second-order valence-corrected chi connectivity index (χ2v) is 6.15. The Bertz CT molecular complexity index is 616. The molecule has 0 aliphatic carbocycles. The monoisotopic (exact) mass is 303 g/mol. The highest BCUT2D eigenvalue weighted by molar-refractivity contribution is 5.83. The smallest absolute Gasteiger partial charge is 0.176 e. The average molecular weight is 303 g/mol. The molecule has 3 rings (SSSR count). The first kappa shape index (κ1) is 15.4. The summed E-state index contributed by atoms with van der Waals surface area (Å²) < 4.78 is 16.8. The fraction of sp³-hybridized carbons (Fsp3) is 0.556. The SMILES string of the molecule is COc1cccc2cc([C@H](C)N[C@H](C)C3CCOCC3)oc12. The van der Waals surface area contributed by atoms with E-state index in [0.29, 0.717) is 12.0 Å². The summed E-state index contributed by atoms with van der Waals surface area (Å²) in [5.41, 5.74) is 0.826. The Balaban J connectivity index is 1.72. The van der Waals surface area contributed by atoms with Gasteiger partial charge in [-0.3, -0.25) is 0 Å². The van der Waals surface area contributed by atoms with Crippen molar-refractivity contribution >= 4 is 11.0 Å². The van der Waals surface area contributed by atoms with E-state index in [0.717, 1.165) is 48.5 Å². The molecule has 1 N–H and O–H groups in total. The maximum absolute atomic E-state index is 6.03. The second kappa shape index (κ2) is 6.71. The van der Waals surface area contributed by atoms with Crippen molar-refractivity contribution in [3.05, 3.63) is 30.0 Å². The lowest BCUT2D eigenvalue weighted by Gasteiger charge is -2.30. The van der Waals surface area contributed by atoms with Crippen molar-refractivity contribution in [2.45, 2.75) is 38.8 Å². The zero-order chi connectivity index (χ0) is 15.5. The van der Waals surface area contributed by atoms with Crippen LogP contribution in [-0.2, 0) is 4.74 Å². The molecule has 2 heterocycles. The first-order valence-corrected chi connectivity index (χ1v) is 8.09. The molecule has 2 atom stereocenters. The Labute approximate surface area is 131 Å². The van der Waals surface area contributed by atoms with Crippen LogP contribution in [0.2, 0.25) is 0 Å². The van der Waals surface area contributed by atoms with Crippen molar-refractivity contribution in [1.82, 2.24) is 5.32 Å². The number of nitrogens with one attached hydrogen (secondary N) is 1. The van der Waals surface area contributed by atoms with Crippen molar-refractivity contribution < 1.29 is 13.9 Å². The maximum atomic E-state index is 6.03. The molecule has 120 valence electrons. The lowest BCUT2D eigenvalue weighted by atomic mass is 9.92. The van der Waals surface area contributed by atoms with Gasteiger partial charge in [-0.15, -0.1) is 0 Å². The van der Waals surface area contributed by atoms with E-state index in [2.05, 4.69) is 31.3 Å². The Morgan fingerprint density at radius 3 is 2.73 bits per heavy atom. The average Bonchev–Trinajstić information content (AvgIpc) is 2.99. The highest BCUT2D eigenvalue weighted by atomic mass is 16.5. The Hall–Kier alpha value is -1.52. The molecule has 0 radical (unpaired) electrons. The van der Waals surface area contributed by atoms with Gasteiger partial charge in [0.2, 0.25) is 0 Å². The number of rotatable bonds is 5. The largest absolute Gasteiger partial charge is 0.493 e. The van der Waals surface area contributed by atoms with Gasteiger partial charge in [0.1, 0.15) is 5.76 Å². The van der Waals surface area contributed by atoms with E-state index in [1.165, 1.54) is 0 Å². The lowest BCUT2D eigenvalue weighted by molar-refractivity contribution is 0.0543. The van der Waals surface area contributed by atoms with Gasteiger partial charge in [0, 0.05) is 24.6 Å². The highest BCUT2D eigenvalue weighted by Crippen LogP contribution is 2.31. The van der Waals surface area contributed by atoms with Gasteiger partial charge < -0.3 is 19.2 Å². The molecule has 0 bridgehead atoms. The fourth-order valence-corrected chi connectivity index (χ4v) is 3.26. The van der Waals surface area contributed by atoms with E-state index in [-0.39, 0.29) is 6.04 Å². The van der Waals surface area contributed by atoms with Gasteiger partial charge in [-0.2, -0.15) is 0 Å². The summed E-state index contributed by atoms with van der Waals surface area (Å²) in [5, 5.41) is 4.76. The van der Waals surface area contributed by atoms with E-state index in [4.69, 9.17) is 13.9 Å². The summed E-state index contributed by atoms with van der Waals surface area (Å²) in [5.74, 6) is 2.42. The maximum Gasteiger partial charge on any atom is 0.176 e. The van der Waals surface area contributed by atoms with Gasteiger partial charge in [0.15, 0.2) is 11.3 Å². The molecule has 1 aromatic carbocycles. The Morgan fingerprint density at radius 2 is 2.00 bits per heavy atom. The molecule has 2 aromatic rings. The van der Waals surface area contributed by atoms with Gasteiger partial charge in [0.05, 0.1) is 13.2 Å². The van der Waals surface area contributed by atoms with Crippen molar-refractivity contribution in [3.8, 4) is 5.75 Å². The zero-order valence-electron chi connectivity index (χ0n) is 13.6. The molecule has 4 nitrogen and oxygen atoms in total. The van der Waals surface area contributed by atoms with E-state index < -0.39 is 0 Å². The lowest BCUT2D eigenvalue weighted by Crippen LogP contribution is -2.38. The first-order chi connectivity index (χ1) is 10.7. The van der Waals surface area contributed by atoms with Crippen LogP contribution in [0, 0.1) is 5.92 Å². The van der Waals surface area contributed by atoms with E-state index in [9.17, 15) is 0 Å². The molecule has 0 spiro atoms. The number of hydrogen-bond acceptors (Lipinski definition) is 4. The molecule has 0 unspecified atom stereocenters. The van der Waals surface area contributed by atoms with Crippen LogP contribution in [0.3, 0.4) is 0 Å². The second-order valence-electron chi connectivity index (χ2n) is 6.15. The van der Waals surface area contributed by atoms with Crippen molar-refractivity contribution in [2.75, 3.05) is 20.3 Å². The van der Waals surface area contributed by atoms with Crippen LogP contribution in [0.1, 0.15) is 38.5 Å². The normalized spacial score (nSPS) is 19.2. The van der Waals surface area contributed by atoms with Crippen LogP contribution in [-0.4, -0.2) is 26.4 Å². The van der Waals surface area contributed by atoms with E-state index >= 15 is 0 Å². The molecule has 1 fully saturated rings. The molecule has 1 aliphatic rings. The predicted molar refractivity (Wildman–Crippen MR) is 87.3 cm³/mol. The Morgan fingerprint density at radius 1 is 1.23 bits per heavy atom. The number of ether oxygens (including phenoxy) is 2. The number of methoxy groups -OCH3 is 1. The van der Waals surface area contributed by atoms with Crippen LogP contribution < -0.4 is 10.1 Å². The highest BCUT2D eigenvalue weighted by Gasteiger charge is 2.23. The first-order valence-electron chi connectivity index (χ1n) is 8.09. The minimum Gasteiger partial charge on any atom is -0.493 e. The minimum atomic E-state index is 0.176. The molecular weight excluding hydrogens is 278 g/mol. The number of hydrogen-bond donors (Lipinski definition) is 1. The third kappa shape index (κ3) is 3.13. The fourth-order valence-electron chi connectivity index (χ4n) is 3.26. The predicted octanol–water partition coefficient (Wildman–Crippen LogP) is 3.91. The van der Waals surface area contributed by atoms with Gasteiger partial charge in [-0.1, -0.05) is 12.1 Å². The number of fused-ring (bicyclic) bond motifs is 1. The topological polar surface area (TPSA) is 43.6 Å². The summed E-state index contributed by atoms with van der Waals surface area (Å²) in [6.07, 6.45) is 2.27. The van der Waals surface area contributed by atoms with Gasteiger partial charge in [-0.25, -0.2) is 0 Å². The Kier molecular flexibility index (Phi) is 4.69. The van der Waals surface area contributed by atoms with Gasteiger partial charge in [0.25, 0.3) is 0 Å². The number of para-hydroxylation sites is 1. The molecule has 22 heavy (non-hydrogen) atoms. The third-order valence-electron chi connectivity index (χ3n) is 4.66. The zero-order valence-corrected chi connectivity index (χ0v) is 13.6. The van der Waals surface area contributed by atoms with Crippen LogP contribution in [0.15, 0.2) is 28.7 Å². The van der Waals surface area contributed by atoms with Crippen molar-refractivity contribution in [1.29, 1.82) is 0 Å². The van der Waals surface area contributed by atoms with Crippen LogP contribution in [0.4, 0.5) is 0 Å². The summed E-state index contributed by atoms with van der Waals surface area (Å²) in [7, 11) is 1.67. The van der Waals surface area contributed by atoms with E-state index in [1.807, 2.05) is 12.1 Å². The molecule has 0 saturated carbocycles. The molecule has 1 aromatic heterocycles.